The number of rotatable bonds is 5. The predicted octanol–water partition coefficient (Wildman–Crippen LogP) is 0.804. The number of nitrogens with two attached hydrogens (primary N) is 1. The van der Waals surface area contributed by atoms with E-state index < -0.39 is 17.8 Å². The van der Waals surface area contributed by atoms with Gasteiger partial charge >= 0.3 is 12.2 Å². The lowest BCUT2D eigenvalue weighted by atomic mass is 10.0. The number of aromatic nitrogens is 2. The minimum Gasteiger partial charge on any atom is -0.392 e. The number of anilines is 1. The number of morpholine rings is 1. The monoisotopic (exact) mass is 558 g/mol. The van der Waals surface area contributed by atoms with Crippen LogP contribution in [0, 0.1) is 0 Å². The molecule has 0 radical (unpaired) electrons. The molecule has 5 rings (SSSR count). The summed E-state index contributed by atoms with van der Waals surface area (Å²) in [6.07, 6.45) is 3.72. The molecule has 2 aliphatic heterocycles. The number of amides is 2. The zero-order valence-corrected chi connectivity index (χ0v) is 21.7. The summed E-state index contributed by atoms with van der Waals surface area (Å²) < 4.78 is 46.1. The molecule has 14 heteroatoms. The Balaban J connectivity index is 1.42. The molecule has 212 valence electrons. The third-order valence-corrected chi connectivity index (χ3v) is 6.87. The van der Waals surface area contributed by atoms with Crippen molar-refractivity contribution >= 4 is 29.6 Å². The Morgan fingerprint density at radius 3 is 2.67 bits per heavy atom. The average molecular weight is 559 g/mol. The highest BCUT2D eigenvalue weighted by Crippen LogP contribution is 2.30. The van der Waals surface area contributed by atoms with Gasteiger partial charge in [0.15, 0.2) is 0 Å². The molecule has 11 nitrogen and oxygen atoms in total. The standard InChI is InChI=1S/C26H29F3N8O3/c1-35-15-32-37-20(13-36-8-10-40-11-9-36)19(14-38)22(23(37)24(35)30)16-2-4-18(5-3-16)33-25(39)34-21-12-17(6-7-31-21)26(27,28)29/h2,4-7,12,15,38H,3,8-11,13-14,30H2,1H3,(H2,31,33,34,39). The van der Waals surface area contributed by atoms with E-state index in [9.17, 15) is 23.1 Å². The highest BCUT2D eigenvalue weighted by atomic mass is 19.4. The number of allylic oxidation sites excluding steroid dienone is 3. The van der Waals surface area contributed by atoms with Crippen LogP contribution in [-0.4, -0.2) is 70.3 Å². The summed E-state index contributed by atoms with van der Waals surface area (Å²) in [7, 11) is 1.79. The first-order chi connectivity index (χ1) is 19.2. The van der Waals surface area contributed by atoms with Crippen molar-refractivity contribution in [3.8, 4) is 0 Å². The lowest BCUT2D eigenvalue weighted by molar-refractivity contribution is -0.137. The fourth-order valence-electron chi connectivity index (χ4n) is 4.81. The van der Waals surface area contributed by atoms with Crippen molar-refractivity contribution in [2.24, 2.45) is 10.8 Å². The summed E-state index contributed by atoms with van der Waals surface area (Å²) in [6.45, 7) is 3.12. The molecule has 40 heavy (non-hydrogen) atoms. The normalized spacial score (nSPS) is 19.0. The fourth-order valence-corrected chi connectivity index (χ4v) is 4.81. The lowest BCUT2D eigenvalue weighted by Crippen LogP contribution is -2.43. The molecule has 1 saturated heterocycles. The van der Waals surface area contributed by atoms with Gasteiger partial charge in [0.05, 0.1) is 31.1 Å². The van der Waals surface area contributed by atoms with E-state index in [4.69, 9.17) is 10.5 Å². The molecular formula is C26H29F3N8O3. The highest BCUT2D eigenvalue weighted by molar-refractivity contribution is 5.90. The molecule has 0 aromatic carbocycles. The van der Waals surface area contributed by atoms with Crippen LogP contribution in [0.15, 0.2) is 47.4 Å². The SMILES string of the molecule is CN1C=Nn2c(CN3CCOCC3)c(CO)c(=C3C=CC(NC(=O)Nc4cc(C(F)(F)F)ccn4)=CC3)c2=C1N. The number of nitrogens with zero attached hydrogens (tertiary/aromatic N) is 5. The van der Waals surface area contributed by atoms with Crippen LogP contribution in [-0.2, 0) is 24.1 Å². The van der Waals surface area contributed by atoms with Crippen LogP contribution in [0.2, 0.25) is 0 Å². The lowest BCUT2D eigenvalue weighted by Gasteiger charge is -2.27. The van der Waals surface area contributed by atoms with Crippen LogP contribution in [0.1, 0.15) is 23.2 Å². The molecule has 5 N–H and O–H groups in total. The second kappa shape index (κ2) is 11.2. The molecule has 0 unspecified atom stereocenters. The van der Waals surface area contributed by atoms with Crippen molar-refractivity contribution in [3.05, 3.63) is 69.6 Å². The molecule has 0 saturated carbocycles. The van der Waals surface area contributed by atoms with Gasteiger partial charge in [0, 0.05) is 49.4 Å². The van der Waals surface area contributed by atoms with Gasteiger partial charge in [0.1, 0.15) is 23.3 Å². The topological polar surface area (TPSA) is 133 Å². The third-order valence-electron chi connectivity index (χ3n) is 6.87. The van der Waals surface area contributed by atoms with Crippen molar-refractivity contribution in [2.75, 3.05) is 38.7 Å². The maximum absolute atomic E-state index is 13.0. The number of alkyl halides is 3. The number of carbonyl (C=O) groups excluding carboxylic acids is 1. The minimum atomic E-state index is -4.55. The first-order valence-corrected chi connectivity index (χ1v) is 12.6. The van der Waals surface area contributed by atoms with Gasteiger partial charge in [-0.1, -0.05) is 12.2 Å². The molecule has 2 amide bonds. The first-order valence-electron chi connectivity index (χ1n) is 12.6. The molecule has 1 fully saturated rings. The zero-order chi connectivity index (χ0) is 28.4. The third kappa shape index (κ3) is 5.59. The summed E-state index contributed by atoms with van der Waals surface area (Å²) >= 11 is 0. The van der Waals surface area contributed by atoms with E-state index in [1.54, 1.807) is 35.1 Å². The molecular weight excluding hydrogens is 529 g/mol. The summed E-state index contributed by atoms with van der Waals surface area (Å²) in [5.41, 5.74) is 8.45. The summed E-state index contributed by atoms with van der Waals surface area (Å²) in [4.78, 5) is 20.2. The largest absolute Gasteiger partial charge is 0.416 e. The van der Waals surface area contributed by atoms with Gasteiger partial charge in [-0.2, -0.15) is 18.3 Å². The molecule has 3 aliphatic rings. The first kappa shape index (κ1) is 27.4. The number of aliphatic hydroxyl groups excluding tert-OH is 1. The van der Waals surface area contributed by atoms with Crippen LogP contribution < -0.4 is 26.9 Å². The Hall–Kier alpha value is -4.14. The molecule has 0 atom stereocenters. The fraction of sp³-hybridized carbons (Fsp3) is 0.346. The smallest absolute Gasteiger partial charge is 0.392 e. The van der Waals surface area contributed by atoms with Crippen LogP contribution in [0.25, 0.3) is 11.4 Å². The van der Waals surface area contributed by atoms with Gasteiger partial charge in [0.25, 0.3) is 0 Å². The number of aliphatic hydroxyl groups is 1. The molecule has 1 aliphatic carbocycles. The number of nitrogens with one attached hydrogen (secondary N) is 2. The van der Waals surface area contributed by atoms with Gasteiger partial charge in [-0.25, -0.2) is 14.5 Å². The number of ether oxygens (including phenoxy) is 1. The molecule has 4 heterocycles. The van der Waals surface area contributed by atoms with E-state index in [2.05, 4.69) is 25.6 Å². The Kier molecular flexibility index (Phi) is 7.65. The second-order valence-corrected chi connectivity index (χ2v) is 9.46. The highest BCUT2D eigenvalue weighted by Gasteiger charge is 2.31. The predicted molar refractivity (Wildman–Crippen MR) is 142 cm³/mol. The van der Waals surface area contributed by atoms with E-state index in [0.717, 1.165) is 53.5 Å². The van der Waals surface area contributed by atoms with Gasteiger partial charge in [-0.15, -0.1) is 0 Å². The molecule has 0 spiro atoms. The van der Waals surface area contributed by atoms with Crippen molar-refractivity contribution in [3.63, 3.8) is 0 Å². The maximum Gasteiger partial charge on any atom is 0.416 e. The van der Waals surface area contributed by atoms with Crippen LogP contribution in [0.5, 0.6) is 0 Å². The van der Waals surface area contributed by atoms with Crippen molar-refractivity contribution < 1.29 is 27.8 Å². The molecule has 2 aromatic rings. The minimum absolute atomic E-state index is 0.222. The molecule has 0 bridgehead atoms. The Morgan fingerprint density at radius 2 is 2.00 bits per heavy atom. The van der Waals surface area contributed by atoms with E-state index in [1.165, 1.54) is 0 Å². The van der Waals surface area contributed by atoms with Gasteiger partial charge < -0.3 is 25.8 Å². The average Bonchev–Trinajstić information content (AvgIpc) is 3.25. The summed E-state index contributed by atoms with van der Waals surface area (Å²) in [6, 6.07) is 0.857. The number of carbonyl (C=O) groups is 1. The summed E-state index contributed by atoms with van der Waals surface area (Å²) in [5.74, 6) is 0.256. The van der Waals surface area contributed by atoms with E-state index in [1.807, 2.05) is 6.08 Å². The number of hydrogen-bond acceptors (Lipinski definition) is 8. The number of fused-ring (bicyclic) bond motifs is 1. The zero-order valence-electron chi connectivity index (χ0n) is 21.7. The van der Waals surface area contributed by atoms with Crippen molar-refractivity contribution in [1.29, 1.82) is 0 Å². The van der Waals surface area contributed by atoms with Crippen molar-refractivity contribution in [2.45, 2.75) is 25.7 Å². The summed E-state index contributed by atoms with van der Waals surface area (Å²) in [5, 5.41) is 21.4. The van der Waals surface area contributed by atoms with Crippen LogP contribution in [0.3, 0.4) is 0 Å². The quantitative estimate of drug-likeness (QED) is 0.427. The Morgan fingerprint density at radius 1 is 1.23 bits per heavy atom. The van der Waals surface area contributed by atoms with Gasteiger partial charge in [-0.05, 0) is 30.2 Å². The number of pyridine rings is 1. The maximum atomic E-state index is 13.0. The van der Waals surface area contributed by atoms with Crippen LogP contribution in [0.4, 0.5) is 23.8 Å². The van der Waals surface area contributed by atoms with Crippen LogP contribution >= 0.6 is 0 Å². The van der Waals surface area contributed by atoms with E-state index >= 15 is 0 Å². The second-order valence-electron chi connectivity index (χ2n) is 9.46. The van der Waals surface area contributed by atoms with E-state index in [-0.39, 0.29) is 12.4 Å². The number of halogens is 3. The van der Waals surface area contributed by atoms with E-state index in [0.29, 0.717) is 43.0 Å². The Bertz CT molecular complexity index is 1520. The number of urea groups is 1. The molecule has 2 aromatic heterocycles. The van der Waals surface area contributed by atoms with Crippen molar-refractivity contribution in [1.82, 2.24) is 24.8 Å². The van der Waals surface area contributed by atoms with Gasteiger partial charge in [0.2, 0.25) is 0 Å². The number of hydrogen-bond donors (Lipinski definition) is 4. The van der Waals surface area contributed by atoms with Gasteiger partial charge in [-0.3, -0.25) is 10.2 Å². The Labute approximate surface area is 227 Å².